The maximum absolute atomic E-state index is 12.6. The van der Waals surface area contributed by atoms with Crippen molar-refractivity contribution in [2.75, 3.05) is 0 Å². The second-order valence-electron chi connectivity index (χ2n) is 6.48. The van der Waals surface area contributed by atoms with Crippen molar-refractivity contribution >= 4 is 5.97 Å². The summed E-state index contributed by atoms with van der Waals surface area (Å²) in [5.41, 5.74) is -1.79. The zero-order valence-electron chi connectivity index (χ0n) is 13.8. The predicted molar refractivity (Wildman–Crippen MR) is 81.2 cm³/mol. The third-order valence-electron chi connectivity index (χ3n) is 4.87. The van der Waals surface area contributed by atoms with E-state index >= 15 is 0 Å². The van der Waals surface area contributed by atoms with E-state index in [0.717, 1.165) is 12.1 Å². The van der Waals surface area contributed by atoms with Crippen LogP contribution < -0.4 is 9.47 Å². The minimum atomic E-state index is -3.26. The molecule has 1 aromatic carbocycles. The number of aliphatic carboxylic acids is 1. The van der Waals surface area contributed by atoms with Gasteiger partial charge in [-0.3, -0.25) is 4.79 Å². The molecule has 0 heterocycles. The van der Waals surface area contributed by atoms with Crippen molar-refractivity contribution in [2.24, 2.45) is 5.41 Å². The number of carboxylic acids is 1. The zero-order chi connectivity index (χ0) is 19.5. The van der Waals surface area contributed by atoms with Crippen molar-refractivity contribution in [1.82, 2.24) is 0 Å². The zero-order valence-corrected chi connectivity index (χ0v) is 13.8. The maximum atomic E-state index is 12.6. The first kappa shape index (κ1) is 19.8. The number of alkyl halides is 4. The van der Waals surface area contributed by atoms with E-state index in [1.165, 1.54) is 6.07 Å². The van der Waals surface area contributed by atoms with Gasteiger partial charge in [0, 0.05) is 0 Å². The normalized spacial score (nSPS) is 25.8. The van der Waals surface area contributed by atoms with Gasteiger partial charge < -0.3 is 14.6 Å². The molecule has 0 unspecified atom stereocenters. The molecule has 2 rings (SSSR count). The monoisotopic (exact) mass is 375 g/mol. The van der Waals surface area contributed by atoms with Crippen molar-refractivity contribution in [3.8, 4) is 17.6 Å². The molecule has 142 valence electrons. The summed E-state index contributed by atoms with van der Waals surface area (Å²) < 4.78 is 58.4. The van der Waals surface area contributed by atoms with E-state index < -0.39 is 41.5 Å². The quantitative estimate of drug-likeness (QED) is 0.750. The lowest BCUT2D eigenvalue weighted by Crippen LogP contribution is -2.39. The van der Waals surface area contributed by atoms with Gasteiger partial charge in [0.25, 0.3) is 0 Å². The molecular formula is C17H17F4NO4. The molecule has 1 aromatic rings. The SMILES string of the molecule is CC1(C(=O)O)CCC(C#N)(c2ccc(OC(F)F)c(OC(F)F)c2)CC1. The molecule has 0 saturated heterocycles. The molecule has 26 heavy (non-hydrogen) atoms. The number of nitrogens with zero attached hydrogens (tertiary/aromatic N) is 1. The molecule has 1 aliphatic rings. The highest BCUT2D eigenvalue weighted by Crippen LogP contribution is 2.48. The fourth-order valence-corrected chi connectivity index (χ4v) is 3.09. The maximum Gasteiger partial charge on any atom is 0.387 e. The summed E-state index contributed by atoms with van der Waals surface area (Å²) in [6.07, 6.45) is 0.817. The van der Waals surface area contributed by atoms with Gasteiger partial charge in [0.1, 0.15) is 0 Å². The molecule has 0 aliphatic heterocycles. The molecular weight excluding hydrogens is 358 g/mol. The number of nitriles is 1. The van der Waals surface area contributed by atoms with Crippen molar-refractivity contribution in [3.63, 3.8) is 0 Å². The first-order valence-electron chi connectivity index (χ1n) is 7.81. The average molecular weight is 375 g/mol. The van der Waals surface area contributed by atoms with Gasteiger partial charge >= 0.3 is 19.2 Å². The van der Waals surface area contributed by atoms with Crippen LogP contribution in [0.25, 0.3) is 0 Å². The highest BCUT2D eigenvalue weighted by molar-refractivity contribution is 5.74. The van der Waals surface area contributed by atoms with Crippen LogP contribution in [0.4, 0.5) is 17.6 Å². The lowest BCUT2D eigenvalue weighted by Gasteiger charge is -2.39. The molecule has 5 nitrogen and oxygen atoms in total. The van der Waals surface area contributed by atoms with Crippen molar-refractivity contribution in [3.05, 3.63) is 23.8 Å². The first-order valence-corrected chi connectivity index (χ1v) is 7.81. The van der Waals surface area contributed by atoms with Crippen molar-refractivity contribution in [1.29, 1.82) is 5.26 Å². The third-order valence-corrected chi connectivity index (χ3v) is 4.87. The van der Waals surface area contributed by atoms with Crippen LogP contribution in [-0.4, -0.2) is 24.3 Å². The molecule has 0 spiro atoms. The molecule has 1 saturated carbocycles. The summed E-state index contributed by atoms with van der Waals surface area (Å²) in [7, 11) is 0. The molecule has 1 N–H and O–H groups in total. The molecule has 0 amide bonds. The Bertz CT molecular complexity index is 709. The molecule has 0 atom stereocenters. The first-order chi connectivity index (χ1) is 12.1. The predicted octanol–water partition coefficient (Wildman–Crippen LogP) is 4.32. The van der Waals surface area contributed by atoms with Crippen LogP contribution in [0, 0.1) is 16.7 Å². The number of rotatable bonds is 6. The number of halogens is 4. The fraction of sp³-hybridized carbons (Fsp3) is 0.529. The van der Waals surface area contributed by atoms with Gasteiger partial charge in [-0.25, -0.2) is 0 Å². The second-order valence-corrected chi connectivity index (χ2v) is 6.48. The van der Waals surface area contributed by atoms with E-state index in [-0.39, 0.29) is 25.7 Å². The lowest BCUT2D eigenvalue weighted by atomic mass is 9.62. The molecule has 0 aromatic heterocycles. The van der Waals surface area contributed by atoms with E-state index in [2.05, 4.69) is 15.5 Å². The molecule has 9 heteroatoms. The minimum Gasteiger partial charge on any atom is -0.481 e. The van der Waals surface area contributed by atoms with Gasteiger partial charge in [0.15, 0.2) is 11.5 Å². The number of hydrogen-bond acceptors (Lipinski definition) is 4. The van der Waals surface area contributed by atoms with Crippen LogP contribution in [0.5, 0.6) is 11.5 Å². The average Bonchev–Trinajstić information content (AvgIpc) is 2.56. The molecule has 1 aliphatic carbocycles. The number of carboxylic acid groups (broad SMARTS) is 1. The summed E-state index contributed by atoms with van der Waals surface area (Å²) in [4.78, 5) is 11.4. The number of carbonyl (C=O) groups is 1. The number of hydrogen-bond donors (Lipinski definition) is 1. The summed E-state index contributed by atoms with van der Waals surface area (Å²) in [5.74, 6) is -2.13. The van der Waals surface area contributed by atoms with Crippen LogP contribution >= 0.6 is 0 Å². The van der Waals surface area contributed by atoms with E-state index in [1.54, 1.807) is 6.92 Å². The molecule has 0 bridgehead atoms. The van der Waals surface area contributed by atoms with Crippen molar-refractivity contribution in [2.45, 2.75) is 51.2 Å². The number of ether oxygens (including phenoxy) is 2. The Morgan fingerprint density at radius 1 is 1.12 bits per heavy atom. The highest BCUT2D eigenvalue weighted by atomic mass is 19.3. The topological polar surface area (TPSA) is 79.5 Å². The fourth-order valence-electron chi connectivity index (χ4n) is 3.09. The van der Waals surface area contributed by atoms with Crippen LogP contribution in [0.2, 0.25) is 0 Å². The molecule has 1 fully saturated rings. The van der Waals surface area contributed by atoms with E-state index in [9.17, 15) is 32.7 Å². The van der Waals surface area contributed by atoms with E-state index in [0.29, 0.717) is 5.56 Å². The van der Waals surface area contributed by atoms with Gasteiger partial charge in [0.05, 0.1) is 16.9 Å². The summed E-state index contributed by atoms with van der Waals surface area (Å²) in [5, 5.41) is 19.0. The van der Waals surface area contributed by atoms with Crippen LogP contribution in [-0.2, 0) is 10.2 Å². The molecule has 0 radical (unpaired) electrons. The van der Waals surface area contributed by atoms with Crippen LogP contribution in [0.1, 0.15) is 38.2 Å². The largest absolute Gasteiger partial charge is 0.481 e. The number of benzene rings is 1. The Kier molecular flexibility index (Phi) is 5.64. The van der Waals surface area contributed by atoms with Gasteiger partial charge in [-0.2, -0.15) is 22.8 Å². The Morgan fingerprint density at radius 3 is 2.12 bits per heavy atom. The van der Waals surface area contributed by atoms with Crippen LogP contribution in [0.15, 0.2) is 18.2 Å². The summed E-state index contributed by atoms with van der Waals surface area (Å²) in [6.45, 7) is -4.90. The van der Waals surface area contributed by atoms with E-state index in [1.807, 2.05) is 0 Å². The highest BCUT2D eigenvalue weighted by Gasteiger charge is 2.45. The Hall–Kier alpha value is -2.50. The second kappa shape index (κ2) is 7.40. The van der Waals surface area contributed by atoms with Gasteiger partial charge in [-0.15, -0.1) is 0 Å². The van der Waals surface area contributed by atoms with Crippen molar-refractivity contribution < 1.29 is 36.9 Å². The summed E-state index contributed by atoms with van der Waals surface area (Å²) in [6, 6.07) is 5.59. The van der Waals surface area contributed by atoms with E-state index in [4.69, 9.17) is 0 Å². The summed E-state index contributed by atoms with van der Waals surface area (Å²) >= 11 is 0. The van der Waals surface area contributed by atoms with Crippen LogP contribution in [0.3, 0.4) is 0 Å². The third kappa shape index (κ3) is 4.00. The minimum absolute atomic E-state index is 0.190. The lowest BCUT2D eigenvalue weighted by molar-refractivity contribution is -0.150. The smallest absolute Gasteiger partial charge is 0.387 e. The Morgan fingerprint density at radius 2 is 1.65 bits per heavy atom. The van der Waals surface area contributed by atoms with Gasteiger partial charge in [-0.1, -0.05) is 6.07 Å². The Balaban J connectivity index is 2.37. The standard InChI is InChI=1S/C17H17F4NO4/c1-16(13(23)24)4-6-17(9-22,7-5-16)10-2-3-11(25-14(18)19)12(8-10)26-15(20)21/h2-3,8,14-15H,4-7H2,1H3,(H,23,24). The van der Waals surface area contributed by atoms with Gasteiger partial charge in [-0.05, 0) is 50.3 Å². The van der Waals surface area contributed by atoms with Gasteiger partial charge in [0.2, 0.25) is 0 Å². The Labute approximate surface area is 147 Å².